The average Bonchev–Trinajstić information content (AvgIpc) is 3.06. The fraction of sp³-hybridized carbons (Fsp3) is 0.429. The Morgan fingerprint density at radius 1 is 1.30 bits per heavy atom. The monoisotopic (exact) mass is 434 g/mol. The summed E-state index contributed by atoms with van der Waals surface area (Å²) in [5.74, 6) is -0.252. The van der Waals surface area contributed by atoms with Crippen molar-refractivity contribution in [2.45, 2.75) is 53.2 Å². The molecule has 3 aromatic heterocycles. The van der Waals surface area contributed by atoms with Gasteiger partial charge in [0.2, 0.25) is 5.95 Å². The zero-order valence-corrected chi connectivity index (χ0v) is 18.9. The molecule has 3 heterocycles. The smallest absolute Gasteiger partial charge is 0.410 e. The first-order valence-corrected chi connectivity index (χ1v) is 10.4. The van der Waals surface area contributed by atoms with Crippen LogP contribution in [0.25, 0.3) is 20.7 Å². The van der Waals surface area contributed by atoms with Crippen molar-refractivity contribution >= 4 is 27.6 Å². The van der Waals surface area contributed by atoms with Gasteiger partial charge in [0.1, 0.15) is 16.1 Å². The SMILES string of the molecule is CCC.CN(Cc1nc2cc(-c3ccnc(F)c3)sc2c(=O)[nH]1)C(=O)OC(C)(C)C. The Morgan fingerprint density at radius 2 is 1.97 bits per heavy atom. The molecule has 0 saturated carbocycles. The van der Waals surface area contributed by atoms with Crippen LogP contribution in [0, 0.1) is 5.95 Å². The summed E-state index contributed by atoms with van der Waals surface area (Å²) in [4.78, 5) is 37.1. The molecule has 0 saturated heterocycles. The first-order chi connectivity index (χ1) is 14.0. The van der Waals surface area contributed by atoms with E-state index in [-0.39, 0.29) is 12.1 Å². The minimum atomic E-state index is -0.613. The molecule has 3 aromatic rings. The number of rotatable bonds is 3. The van der Waals surface area contributed by atoms with Gasteiger partial charge >= 0.3 is 6.09 Å². The maximum Gasteiger partial charge on any atom is 0.410 e. The third-order valence-electron chi connectivity index (χ3n) is 3.54. The summed E-state index contributed by atoms with van der Waals surface area (Å²) in [5.41, 5.74) is 0.192. The van der Waals surface area contributed by atoms with Crippen LogP contribution in [0.3, 0.4) is 0 Å². The maximum absolute atomic E-state index is 13.3. The number of nitrogens with one attached hydrogen (secondary N) is 1. The zero-order valence-electron chi connectivity index (χ0n) is 18.1. The van der Waals surface area contributed by atoms with Gasteiger partial charge in [0.15, 0.2) is 0 Å². The van der Waals surface area contributed by atoms with Gasteiger partial charge in [-0.05, 0) is 38.5 Å². The molecule has 162 valence electrons. The molecule has 0 aliphatic heterocycles. The van der Waals surface area contributed by atoms with Crippen molar-refractivity contribution < 1.29 is 13.9 Å². The summed E-state index contributed by atoms with van der Waals surface area (Å²) >= 11 is 1.22. The Labute approximate surface area is 178 Å². The molecule has 0 fully saturated rings. The molecule has 7 nitrogen and oxygen atoms in total. The lowest BCUT2D eigenvalue weighted by atomic mass is 10.2. The van der Waals surface area contributed by atoms with Crippen LogP contribution in [0.1, 0.15) is 46.9 Å². The molecular weight excluding hydrogens is 407 g/mol. The summed E-state index contributed by atoms with van der Waals surface area (Å²) in [6.45, 7) is 9.67. The van der Waals surface area contributed by atoms with Crippen molar-refractivity contribution in [3.8, 4) is 10.4 Å². The van der Waals surface area contributed by atoms with E-state index >= 15 is 0 Å². The molecule has 0 radical (unpaired) electrons. The molecule has 1 amide bonds. The number of carbonyl (C=O) groups is 1. The molecule has 0 aliphatic rings. The molecule has 0 aromatic carbocycles. The first kappa shape index (κ1) is 23.5. The van der Waals surface area contributed by atoms with E-state index in [9.17, 15) is 14.0 Å². The van der Waals surface area contributed by atoms with Crippen LogP contribution in [0.2, 0.25) is 0 Å². The molecule has 0 unspecified atom stereocenters. The Kier molecular flexibility index (Phi) is 7.66. The zero-order chi connectivity index (χ0) is 22.5. The van der Waals surface area contributed by atoms with E-state index in [0.717, 1.165) is 0 Å². The number of aromatic amines is 1. The third-order valence-corrected chi connectivity index (χ3v) is 4.71. The fourth-order valence-corrected chi connectivity index (χ4v) is 3.38. The first-order valence-electron chi connectivity index (χ1n) is 9.62. The van der Waals surface area contributed by atoms with Crippen LogP contribution < -0.4 is 5.56 Å². The number of nitrogens with zero attached hydrogens (tertiary/aromatic N) is 3. The Morgan fingerprint density at radius 3 is 2.57 bits per heavy atom. The molecule has 0 bridgehead atoms. The normalized spacial score (nSPS) is 11.0. The lowest BCUT2D eigenvalue weighted by Crippen LogP contribution is -2.34. The quantitative estimate of drug-likeness (QED) is 0.588. The molecule has 0 aliphatic carbocycles. The van der Waals surface area contributed by atoms with Crippen molar-refractivity contribution in [3.63, 3.8) is 0 Å². The van der Waals surface area contributed by atoms with Crippen molar-refractivity contribution in [1.82, 2.24) is 19.9 Å². The highest BCUT2D eigenvalue weighted by atomic mass is 32.1. The van der Waals surface area contributed by atoms with Crippen LogP contribution in [0.15, 0.2) is 29.2 Å². The highest BCUT2D eigenvalue weighted by molar-refractivity contribution is 7.22. The number of hydrogen-bond donors (Lipinski definition) is 1. The van der Waals surface area contributed by atoms with E-state index in [1.165, 1.54) is 34.9 Å². The summed E-state index contributed by atoms with van der Waals surface area (Å²) in [6, 6.07) is 4.69. The van der Waals surface area contributed by atoms with Crippen molar-refractivity contribution in [2.24, 2.45) is 0 Å². The number of halogens is 1. The summed E-state index contributed by atoms with van der Waals surface area (Å²) < 4.78 is 19.1. The van der Waals surface area contributed by atoms with Crippen molar-refractivity contribution in [1.29, 1.82) is 0 Å². The number of amides is 1. The second-order valence-corrected chi connectivity index (χ2v) is 8.80. The molecular formula is C21H27FN4O3S. The van der Waals surface area contributed by atoms with Crippen LogP contribution in [0.4, 0.5) is 9.18 Å². The average molecular weight is 435 g/mol. The number of H-pyrrole nitrogens is 1. The van der Waals surface area contributed by atoms with E-state index in [2.05, 4.69) is 28.8 Å². The van der Waals surface area contributed by atoms with E-state index in [1.54, 1.807) is 40.0 Å². The second-order valence-electron chi connectivity index (χ2n) is 7.75. The van der Waals surface area contributed by atoms with E-state index < -0.39 is 17.6 Å². The van der Waals surface area contributed by atoms with Crippen molar-refractivity contribution in [2.75, 3.05) is 7.05 Å². The number of ether oxygens (including phenoxy) is 1. The predicted molar refractivity (Wildman–Crippen MR) is 117 cm³/mol. The van der Waals surface area contributed by atoms with E-state index in [4.69, 9.17) is 4.74 Å². The van der Waals surface area contributed by atoms with E-state index in [1.807, 2.05) is 0 Å². The van der Waals surface area contributed by atoms with Gasteiger partial charge in [0.05, 0.1) is 12.1 Å². The standard InChI is InChI=1S/C18H19FN4O3S.C3H8/c1-18(2,3)26-17(25)23(4)9-14-21-11-8-12(27-15(11)16(24)22-14)10-5-6-20-13(19)7-10;1-3-2/h5-8H,9H2,1-4H3,(H,21,22,24);3H2,1-2H3. The summed E-state index contributed by atoms with van der Waals surface area (Å²) in [7, 11) is 1.57. The molecule has 3 rings (SSSR count). The lowest BCUT2D eigenvalue weighted by molar-refractivity contribution is 0.0281. The Hall–Kier alpha value is -2.81. The molecule has 0 spiro atoms. The largest absolute Gasteiger partial charge is 0.444 e. The van der Waals surface area contributed by atoms with Gasteiger partial charge in [-0.3, -0.25) is 4.79 Å². The molecule has 1 N–H and O–H groups in total. The predicted octanol–water partition coefficient (Wildman–Crippen LogP) is 4.97. The Bertz CT molecular complexity index is 1070. The van der Waals surface area contributed by atoms with Crippen LogP contribution >= 0.6 is 11.3 Å². The molecule has 0 atom stereocenters. The van der Waals surface area contributed by atoms with E-state index in [0.29, 0.717) is 26.5 Å². The number of thiophene rings is 1. The molecule has 30 heavy (non-hydrogen) atoms. The highest BCUT2D eigenvalue weighted by Crippen LogP contribution is 2.30. The third kappa shape index (κ3) is 6.35. The van der Waals surface area contributed by atoms with Gasteiger partial charge in [0.25, 0.3) is 5.56 Å². The minimum Gasteiger partial charge on any atom is -0.444 e. The van der Waals surface area contributed by atoms with Gasteiger partial charge in [-0.1, -0.05) is 20.3 Å². The molecule has 9 heteroatoms. The van der Waals surface area contributed by atoms with Crippen molar-refractivity contribution in [3.05, 3.63) is 46.5 Å². The van der Waals surface area contributed by atoms with Gasteiger partial charge < -0.3 is 14.6 Å². The minimum absolute atomic E-state index is 0.0924. The Balaban J connectivity index is 0.00000101. The maximum atomic E-state index is 13.3. The number of fused-ring (bicyclic) bond motifs is 1. The number of carbonyl (C=O) groups excluding carboxylic acids is 1. The summed E-state index contributed by atoms with van der Waals surface area (Å²) in [6.07, 6.45) is 2.11. The van der Waals surface area contributed by atoms with Gasteiger partial charge in [0, 0.05) is 24.2 Å². The van der Waals surface area contributed by atoms with Crippen LogP contribution in [-0.4, -0.2) is 38.6 Å². The number of hydrogen-bond acceptors (Lipinski definition) is 6. The number of aromatic nitrogens is 3. The number of pyridine rings is 1. The lowest BCUT2D eigenvalue weighted by Gasteiger charge is -2.24. The topological polar surface area (TPSA) is 88.2 Å². The highest BCUT2D eigenvalue weighted by Gasteiger charge is 2.20. The summed E-state index contributed by atoms with van der Waals surface area (Å²) in [5, 5.41) is 0. The second kappa shape index (κ2) is 9.80. The van der Waals surface area contributed by atoms with Gasteiger partial charge in [-0.2, -0.15) is 4.39 Å². The van der Waals surface area contributed by atoms with Crippen LogP contribution in [-0.2, 0) is 11.3 Å². The van der Waals surface area contributed by atoms with Crippen LogP contribution in [0.5, 0.6) is 0 Å². The van der Waals surface area contributed by atoms with Gasteiger partial charge in [-0.25, -0.2) is 14.8 Å². The fourth-order valence-electron chi connectivity index (χ4n) is 2.39. The van der Waals surface area contributed by atoms with Gasteiger partial charge in [-0.15, -0.1) is 11.3 Å².